The molecular formula is C17H35N3O. The maximum absolute atomic E-state index is 12.2. The molecule has 0 bridgehead atoms. The van der Waals surface area contributed by atoms with E-state index in [0.29, 0.717) is 5.92 Å². The van der Waals surface area contributed by atoms with Crippen LogP contribution >= 0.6 is 0 Å². The van der Waals surface area contributed by atoms with Gasteiger partial charge in [0.05, 0.1) is 6.04 Å². The zero-order valence-corrected chi connectivity index (χ0v) is 14.5. The molecule has 0 spiro atoms. The molecule has 4 nitrogen and oxygen atoms in total. The van der Waals surface area contributed by atoms with Gasteiger partial charge in [-0.2, -0.15) is 0 Å². The Morgan fingerprint density at radius 1 is 1.19 bits per heavy atom. The summed E-state index contributed by atoms with van der Waals surface area (Å²) in [7, 11) is 0. The predicted octanol–water partition coefficient (Wildman–Crippen LogP) is 2.25. The second-order valence-corrected chi connectivity index (χ2v) is 6.83. The fourth-order valence-electron chi connectivity index (χ4n) is 2.82. The molecule has 1 fully saturated rings. The number of rotatable bonds is 9. The van der Waals surface area contributed by atoms with Gasteiger partial charge in [-0.25, -0.2) is 0 Å². The first kappa shape index (κ1) is 18.4. The van der Waals surface area contributed by atoms with E-state index in [1.54, 1.807) is 0 Å². The number of hydrogen-bond acceptors (Lipinski definition) is 3. The lowest BCUT2D eigenvalue weighted by Gasteiger charge is -2.35. The molecule has 1 heterocycles. The predicted molar refractivity (Wildman–Crippen MR) is 89.4 cm³/mol. The number of likely N-dealkylation sites (tertiary alicyclic amines) is 1. The Kier molecular flexibility index (Phi) is 8.93. The number of carbonyl (C=O) groups is 1. The number of nitrogens with one attached hydrogen (secondary N) is 2. The van der Waals surface area contributed by atoms with Crippen molar-refractivity contribution in [2.75, 3.05) is 32.7 Å². The van der Waals surface area contributed by atoms with Crippen molar-refractivity contribution in [1.29, 1.82) is 0 Å². The molecular weight excluding hydrogens is 262 g/mol. The monoisotopic (exact) mass is 297 g/mol. The first-order chi connectivity index (χ1) is 10.0. The highest BCUT2D eigenvalue weighted by molar-refractivity contribution is 5.81. The zero-order valence-electron chi connectivity index (χ0n) is 14.5. The van der Waals surface area contributed by atoms with E-state index in [4.69, 9.17) is 0 Å². The van der Waals surface area contributed by atoms with Crippen molar-refractivity contribution < 1.29 is 4.79 Å². The number of hydrogen-bond donors (Lipinski definition) is 2. The third kappa shape index (κ3) is 7.28. The highest BCUT2D eigenvalue weighted by atomic mass is 16.2. The van der Waals surface area contributed by atoms with Gasteiger partial charge in [-0.3, -0.25) is 9.69 Å². The van der Waals surface area contributed by atoms with Crippen LogP contribution in [0.1, 0.15) is 53.4 Å². The minimum atomic E-state index is 0.0155. The molecule has 4 heteroatoms. The Morgan fingerprint density at radius 3 is 2.43 bits per heavy atom. The van der Waals surface area contributed by atoms with Crippen molar-refractivity contribution in [2.45, 2.75) is 59.4 Å². The van der Waals surface area contributed by atoms with E-state index in [0.717, 1.165) is 45.1 Å². The number of nitrogens with zero attached hydrogens (tertiary/aromatic N) is 1. The van der Waals surface area contributed by atoms with E-state index in [-0.39, 0.29) is 11.9 Å². The molecule has 0 aliphatic carbocycles. The van der Waals surface area contributed by atoms with Gasteiger partial charge in [0.2, 0.25) is 5.91 Å². The summed E-state index contributed by atoms with van der Waals surface area (Å²) in [4.78, 5) is 14.5. The van der Waals surface area contributed by atoms with E-state index < -0.39 is 0 Å². The first-order valence-electron chi connectivity index (χ1n) is 8.77. The zero-order chi connectivity index (χ0) is 15.7. The van der Waals surface area contributed by atoms with Gasteiger partial charge in [-0.1, -0.05) is 20.8 Å². The van der Waals surface area contributed by atoms with Crippen molar-refractivity contribution in [3.05, 3.63) is 0 Å². The summed E-state index contributed by atoms with van der Waals surface area (Å²) in [5.74, 6) is 1.62. The molecule has 0 aromatic rings. The Hall–Kier alpha value is -0.610. The summed E-state index contributed by atoms with van der Waals surface area (Å²) >= 11 is 0. The van der Waals surface area contributed by atoms with Crippen LogP contribution in [0.3, 0.4) is 0 Å². The normalized spacial score (nSPS) is 18.9. The summed E-state index contributed by atoms with van der Waals surface area (Å²) in [6.45, 7) is 13.8. The quantitative estimate of drug-likeness (QED) is 0.642. The summed E-state index contributed by atoms with van der Waals surface area (Å²) in [6, 6.07) is 0.0155. The molecule has 1 amide bonds. The molecule has 1 aliphatic heterocycles. The lowest BCUT2D eigenvalue weighted by molar-refractivity contribution is -0.126. The maximum Gasteiger partial charge on any atom is 0.237 e. The maximum atomic E-state index is 12.2. The molecule has 0 aromatic heterocycles. The van der Waals surface area contributed by atoms with Gasteiger partial charge in [0.1, 0.15) is 0 Å². The molecule has 124 valence electrons. The molecule has 21 heavy (non-hydrogen) atoms. The van der Waals surface area contributed by atoms with Gasteiger partial charge in [0, 0.05) is 6.54 Å². The van der Waals surface area contributed by atoms with Gasteiger partial charge < -0.3 is 10.6 Å². The molecule has 1 aliphatic rings. The standard InChI is InChI=1S/C17H35N3O/c1-5-9-18-13-16-7-11-20(12-8-16)15(4)17(21)19-10-6-14(2)3/h14-16,18H,5-13H2,1-4H3,(H,19,21). The largest absolute Gasteiger partial charge is 0.355 e. The highest BCUT2D eigenvalue weighted by Gasteiger charge is 2.26. The average molecular weight is 297 g/mol. The van der Waals surface area contributed by atoms with Crippen LogP contribution in [0.15, 0.2) is 0 Å². The molecule has 1 saturated heterocycles. The third-order valence-electron chi connectivity index (χ3n) is 4.46. The summed E-state index contributed by atoms with van der Waals surface area (Å²) in [6.07, 6.45) is 4.68. The van der Waals surface area contributed by atoms with Gasteiger partial charge in [-0.15, -0.1) is 0 Å². The molecule has 2 N–H and O–H groups in total. The average Bonchev–Trinajstić information content (AvgIpc) is 2.47. The van der Waals surface area contributed by atoms with Crippen LogP contribution in [0, 0.1) is 11.8 Å². The molecule has 1 atom stereocenters. The van der Waals surface area contributed by atoms with Gasteiger partial charge in [-0.05, 0) is 70.6 Å². The van der Waals surface area contributed by atoms with Crippen LogP contribution in [0.5, 0.6) is 0 Å². The van der Waals surface area contributed by atoms with Crippen molar-refractivity contribution >= 4 is 5.91 Å². The smallest absolute Gasteiger partial charge is 0.237 e. The number of piperidine rings is 1. The minimum absolute atomic E-state index is 0.0155. The number of carbonyl (C=O) groups excluding carboxylic acids is 1. The van der Waals surface area contributed by atoms with Gasteiger partial charge in [0.25, 0.3) is 0 Å². The second-order valence-electron chi connectivity index (χ2n) is 6.83. The molecule has 0 radical (unpaired) electrons. The van der Waals surface area contributed by atoms with E-state index in [2.05, 4.69) is 36.3 Å². The van der Waals surface area contributed by atoms with E-state index in [1.165, 1.54) is 19.3 Å². The fourth-order valence-corrected chi connectivity index (χ4v) is 2.82. The van der Waals surface area contributed by atoms with Crippen LogP contribution in [0.2, 0.25) is 0 Å². The Bertz CT molecular complexity index is 286. The van der Waals surface area contributed by atoms with E-state index in [1.807, 2.05) is 6.92 Å². The topological polar surface area (TPSA) is 44.4 Å². The fraction of sp³-hybridized carbons (Fsp3) is 0.941. The lowest BCUT2D eigenvalue weighted by atomic mass is 9.95. The third-order valence-corrected chi connectivity index (χ3v) is 4.46. The summed E-state index contributed by atoms with van der Waals surface area (Å²) in [5, 5.41) is 6.58. The van der Waals surface area contributed by atoms with Crippen LogP contribution in [-0.4, -0.2) is 49.6 Å². The van der Waals surface area contributed by atoms with Crippen LogP contribution < -0.4 is 10.6 Å². The SMILES string of the molecule is CCCNCC1CCN(C(C)C(=O)NCCC(C)C)CC1. The van der Waals surface area contributed by atoms with Crippen LogP contribution in [-0.2, 0) is 4.79 Å². The van der Waals surface area contributed by atoms with Crippen molar-refractivity contribution in [3.63, 3.8) is 0 Å². The molecule has 0 aromatic carbocycles. The second kappa shape index (κ2) is 10.2. The van der Waals surface area contributed by atoms with Gasteiger partial charge >= 0.3 is 0 Å². The first-order valence-corrected chi connectivity index (χ1v) is 8.77. The summed E-state index contributed by atoms with van der Waals surface area (Å²) < 4.78 is 0. The lowest BCUT2D eigenvalue weighted by Crippen LogP contribution is -2.49. The van der Waals surface area contributed by atoms with E-state index in [9.17, 15) is 4.79 Å². The van der Waals surface area contributed by atoms with Crippen LogP contribution in [0.25, 0.3) is 0 Å². The molecule has 1 rings (SSSR count). The highest BCUT2D eigenvalue weighted by Crippen LogP contribution is 2.18. The van der Waals surface area contributed by atoms with Crippen molar-refractivity contribution in [3.8, 4) is 0 Å². The van der Waals surface area contributed by atoms with Crippen molar-refractivity contribution in [2.24, 2.45) is 11.8 Å². The Labute approximate surface area is 131 Å². The molecule has 0 saturated carbocycles. The minimum Gasteiger partial charge on any atom is -0.355 e. The molecule has 1 unspecified atom stereocenters. The summed E-state index contributed by atoms with van der Waals surface area (Å²) in [5.41, 5.74) is 0. The van der Waals surface area contributed by atoms with E-state index >= 15 is 0 Å². The Balaban J connectivity index is 2.21. The number of amides is 1. The Morgan fingerprint density at radius 2 is 1.86 bits per heavy atom. The van der Waals surface area contributed by atoms with Crippen LogP contribution in [0.4, 0.5) is 0 Å². The van der Waals surface area contributed by atoms with Gasteiger partial charge in [0.15, 0.2) is 0 Å². The van der Waals surface area contributed by atoms with Crippen molar-refractivity contribution in [1.82, 2.24) is 15.5 Å².